The van der Waals surface area contributed by atoms with Crippen LogP contribution in [0.1, 0.15) is 58.4 Å². The Bertz CT molecular complexity index is 2750. The van der Waals surface area contributed by atoms with Crippen LogP contribution in [0.3, 0.4) is 0 Å². The predicted molar refractivity (Wildman–Crippen MR) is 223 cm³/mol. The van der Waals surface area contributed by atoms with E-state index in [1.807, 2.05) is 23.2 Å². The van der Waals surface area contributed by atoms with Gasteiger partial charge in [-0.2, -0.15) is 5.10 Å². The maximum atomic E-state index is 16.5. The van der Waals surface area contributed by atoms with E-state index in [9.17, 15) is 27.6 Å². The molecule has 0 saturated carbocycles. The second-order valence-corrected chi connectivity index (χ2v) is 18.8. The Morgan fingerprint density at radius 1 is 0.919 bits per heavy atom. The molecule has 4 amide bonds. The van der Waals surface area contributed by atoms with Crippen molar-refractivity contribution in [3.8, 4) is 5.75 Å². The monoisotopic (exact) mass is 865 g/mol. The average molecular weight is 866 g/mol. The third-order valence-corrected chi connectivity index (χ3v) is 14.4. The van der Waals surface area contributed by atoms with Gasteiger partial charge in [0.05, 0.1) is 36.2 Å². The summed E-state index contributed by atoms with van der Waals surface area (Å²) in [5.41, 5.74) is 1.59. The van der Waals surface area contributed by atoms with Crippen LogP contribution in [-0.4, -0.2) is 121 Å². The fraction of sp³-hybridized carbons (Fsp3) is 0.395. The van der Waals surface area contributed by atoms with Crippen LogP contribution in [0.25, 0.3) is 11.0 Å². The van der Waals surface area contributed by atoms with Crippen LogP contribution in [0, 0.1) is 5.41 Å². The summed E-state index contributed by atoms with van der Waals surface area (Å²) in [5.74, 6) is -1.82. The zero-order valence-corrected chi connectivity index (χ0v) is 34.7. The molecule has 0 aliphatic carbocycles. The molecule has 0 bridgehead atoms. The molecule has 2 unspecified atom stereocenters. The van der Waals surface area contributed by atoms with Crippen LogP contribution < -0.4 is 24.6 Å². The summed E-state index contributed by atoms with van der Waals surface area (Å²) in [5, 5.41) is 10.9. The molecule has 0 radical (unpaired) electrons. The number of ether oxygens (including phenoxy) is 1. The number of sulfonamides is 1. The van der Waals surface area contributed by atoms with E-state index in [2.05, 4.69) is 30.1 Å². The number of anilines is 3. The van der Waals surface area contributed by atoms with Gasteiger partial charge < -0.3 is 24.0 Å². The van der Waals surface area contributed by atoms with Gasteiger partial charge in [0.1, 0.15) is 22.8 Å². The van der Waals surface area contributed by atoms with Crippen molar-refractivity contribution in [2.24, 2.45) is 5.41 Å². The molecule has 5 aliphatic rings. The van der Waals surface area contributed by atoms with E-state index in [-0.39, 0.29) is 53.2 Å². The molecule has 19 heteroatoms. The number of halogens is 1. The molecule has 2 atom stereocenters. The molecule has 1 spiro atoms. The van der Waals surface area contributed by atoms with E-state index < -0.39 is 45.4 Å². The maximum Gasteiger partial charge on any atom is 0.263 e. The number of rotatable bonds is 11. The molecule has 4 saturated heterocycles. The number of likely N-dealkylation sites (tertiary alicyclic amines) is 1. The molecule has 62 heavy (non-hydrogen) atoms. The van der Waals surface area contributed by atoms with Crippen LogP contribution in [0.15, 0.2) is 82.5 Å². The first-order chi connectivity index (χ1) is 29.8. The van der Waals surface area contributed by atoms with E-state index >= 15 is 4.39 Å². The maximum absolute atomic E-state index is 16.5. The van der Waals surface area contributed by atoms with E-state index in [4.69, 9.17) is 9.26 Å². The normalized spacial score (nSPS) is 22.7. The van der Waals surface area contributed by atoms with Crippen LogP contribution in [-0.2, 0) is 26.2 Å². The minimum Gasteiger partial charge on any atom is -0.496 e. The van der Waals surface area contributed by atoms with Crippen molar-refractivity contribution in [2.45, 2.75) is 55.3 Å². The second-order valence-electron chi connectivity index (χ2n) is 17.1. The number of hydrogen-bond donors (Lipinski definition) is 2. The third kappa shape index (κ3) is 7.11. The summed E-state index contributed by atoms with van der Waals surface area (Å²) in [6.45, 7) is 4.34. The van der Waals surface area contributed by atoms with Gasteiger partial charge in [0.25, 0.3) is 21.8 Å². The minimum absolute atomic E-state index is 0.0282. The number of imide groups is 2. The van der Waals surface area contributed by atoms with Crippen molar-refractivity contribution in [1.82, 2.24) is 30.1 Å². The topological polar surface area (TPSA) is 193 Å². The lowest BCUT2D eigenvalue weighted by Crippen LogP contribution is -2.61. The van der Waals surface area contributed by atoms with Crippen molar-refractivity contribution in [3.63, 3.8) is 0 Å². The Kier molecular flexibility index (Phi) is 9.58. The average Bonchev–Trinajstić information content (AvgIpc) is 4.05. The zero-order valence-electron chi connectivity index (χ0n) is 33.9. The summed E-state index contributed by atoms with van der Waals surface area (Å²) in [6.07, 6.45) is 5.73. The number of piperidine rings is 2. The molecule has 4 fully saturated rings. The van der Waals surface area contributed by atoms with E-state index in [0.717, 1.165) is 55.2 Å². The molecular weight excluding hydrogens is 822 g/mol. The first kappa shape index (κ1) is 39.8. The van der Waals surface area contributed by atoms with Crippen molar-refractivity contribution in [3.05, 3.63) is 89.7 Å². The highest BCUT2D eigenvalue weighted by Gasteiger charge is 2.48. The molecule has 5 aromatic rings. The summed E-state index contributed by atoms with van der Waals surface area (Å²) in [7, 11) is -2.55. The molecule has 3 aromatic carbocycles. The van der Waals surface area contributed by atoms with Crippen LogP contribution >= 0.6 is 0 Å². The first-order valence-electron chi connectivity index (χ1n) is 20.6. The van der Waals surface area contributed by atoms with Crippen LogP contribution in [0.2, 0.25) is 0 Å². The van der Waals surface area contributed by atoms with Gasteiger partial charge in [-0.3, -0.25) is 38.8 Å². The van der Waals surface area contributed by atoms with Crippen molar-refractivity contribution < 1.29 is 41.2 Å². The second kappa shape index (κ2) is 14.9. The Morgan fingerprint density at radius 2 is 1.71 bits per heavy atom. The highest BCUT2D eigenvalue weighted by molar-refractivity contribution is 7.92. The fourth-order valence-electron chi connectivity index (χ4n) is 9.72. The largest absolute Gasteiger partial charge is 0.496 e. The molecule has 322 valence electrons. The van der Waals surface area contributed by atoms with Gasteiger partial charge in [0.15, 0.2) is 11.4 Å². The number of methoxy groups -OCH3 is 1. The van der Waals surface area contributed by atoms with Gasteiger partial charge in [-0.25, -0.2) is 12.8 Å². The fourth-order valence-corrected chi connectivity index (χ4v) is 10.8. The Labute approximate surface area is 355 Å². The van der Waals surface area contributed by atoms with Gasteiger partial charge in [-0.15, -0.1) is 0 Å². The van der Waals surface area contributed by atoms with E-state index in [1.165, 1.54) is 7.11 Å². The summed E-state index contributed by atoms with van der Waals surface area (Å²) in [4.78, 5) is 57.9. The molecule has 10 rings (SSSR count). The number of carbonyl (C=O) groups excluding carboxylic acids is 4. The smallest absolute Gasteiger partial charge is 0.263 e. The quantitative estimate of drug-likeness (QED) is 0.183. The lowest BCUT2D eigenvalue weighted by molar-refractivity contribution is -0.136. The number of benzene rings is 3. The highest BCUT2D eigenvalue weighted by atomic mass is 32.2. The number of nitrogens with zero attached hydrogens (tertiary/aromatic N) is 7. The standard InChI is InChI=1S/C43H44FN9O8S/c1-60-34-18-27(22-52-14-3-13-45-52)19-35-37(34)38(47-61-35)48-62(58,59)30-5-2-4-28(20-30)51-23-42(24-51)10-15-49(16-11-42)25-43(44)12-17-50(26-43)29-6-7-31-32(21-29)41(57)53(40(31)56)33-8-9-36(54)46-39(33)55/h2-7,13-14,18-21,33H,8-12,15-17,22-26H2,1H3,(H,47,48)(H,46,54,55). The Hall–Kier alpha value is -6.34. The predicted octanol–water partition coefficient (Wildman–Crippen LogP) is 3.80. The molecular formula is C43H44FN9O8S. The Morgan fingerprint density at radius 3 is 2.47 bits per heavy atom. The number of amides is 4. The Balaban J connectivity index is 0.735. The lowest BCUT2D eigenvalue weighted by Gasteiger charge is -2.55. The number of alkyl halides is 1. The molecule has 2 N–H and O–H groups in total. The molecule has 2 aromatic heterocycles. The number of hydrogen-bond acceptors (Lipinski definition) is 13. The van der Waals surface area contributed by atoms with E-state index in [0.29, 0.717) is 41.9 Å². The summed E-state index contributed by atoms with van der Waals surface area (Å²) in [6, 6.07) is 16.1. The van der Waals surface area contributed by atoms with Gasteiger partial charge in [0, 0.05) is 68.2 Å². The molecule has 5 aliphatic heterocycles. The molecule has 7 heterocycles. The SMILES string of the molecule is COc1cc(Cn2cccn2)cc2onc(NS(=O)(=O)c3cccc(N4CC5(CCN(CC6(F)CCN(c7ccc8c(c7)C(=O)N(C7CCC(=O)NC7=O)C8=O)C6)CC5)C4)c3)c12. The van der Waals surface area contributed by atoms with Crippen molar-refractivity contribution >= 4 is 61.8 Å². The van der Waals surface area contributed by atoms with Gasteiger partial charge >= 0.3 is 0 Å². The van der Waals surface area contributed by atoms with Crippen molar-refractivity contribution in [1.29, 1.82) is 0 Å². The number of carbonyl (C=O) groups is 4. The zero-order chi connectivity index (χ0) is 43.0. The minimum atomic E-state index is -4.06. The van der Waals surface area contributed by atoms with Gasteiger partial charge in [-0.05, 0) is 92.5 Å². The summed E-state index contributed by atoms with van der Waals surface area (Å²) < 4.78 is 59.4. The highest BCUT2D eigenvalue weighted by Crippen LogP contribution is 2.44. The first-order valence-corrected chi connectivity index (χ1v) is 22.1. The number of nitrogens with one attached hydrogen (secondary N) is 2. The van der Waals surface area contributed by atoms with Crippen LogP contribution in [0.5, 0.6) is 5.75 Å². The third-order valence-electron chi connectivity index (χ3n) is 13.0. The van der Waals surface area contributed by atoms with Crippen LogP contribution in [0.4, 0.5) is 21.6 Å². The van der Waals surface area contributed by atoms with Gasteiger partial charge in [-0.1, -0.05) is 11.2 Å². The number of fused-ring (bicyclic) bond motifs is 2. The molecule has 17 nitrogen and oxygen atoms in total. The van der Waals surface area contributed by atoms with E-state index in [1.54, 1.807) is 59.4 Å². The number of aromatic nitrogens is 3. The lowest BCUT2D eigenvalue weighted by atomic mass is 9.71. The van der Waals surface area contributed by atoms with Crippen molar-refractivity contribution in [2.75, 3.05) is 67.4 Å². The van der Waals surface area contributed by atoms with Gasteiger partial charge in [0.2, 0.25) is 11.8 Å². The summed E-state index contributed by atoms with van der Waals surface area (Å²) >= 11 is 0.